The Bertz CT molecular complexity index is 923. The van der Waals surface area contributed by atoms with Crippen LogP contribution in [0.5, 0.6) is 5.75 Å². The van der Waals surface area contributed by atoms with Crippen molar-refractivity contribution in [3.8, 4) is 5.75 Å². The van der Waals surface area contributed by atoms with Crippen molar-refractivity contribution < 1.29 is 14.3 Å². The molecule has 0 bridgehead atoms. The van der Waals surface area contributed by atoms with E-state index in [0.717, 1.165) is 18.4 Å². The van der Waals surface area contributed by atoms with Gasteiger partial charge in [-0.3, -0.25) is 4.79 Å². The Morgan fingerprint density at radius 3 is 2.62 bits per heavy atom. The number of hydrogen-bond acceptors (Lipinski definition) is 4. The summed E-state index contributed by atoms with van der Waals surface area (Å²) in [6.45, 7) is 9.34. The number of amides is 3. The van der Waals surface area contributed by atoms with Crippen LogP contribution < -0.4 is 10.1 Å². The third-order valence-corrected chi connectivity index (χ3v) is 6.47. The molecule has 1 aliphatic rings. The van der Waals surface area contributed by atoms with Crippen molar-refractivity contribution in [2.24, 2.45) is 0 Å². The third kappa shape index (κ3) is 6.39. The Morgan fingerprint density at radius 1 is 1.25 bits per heavy atom. The van der Waals surface area contributed by atoms with E-state index in [1.54, 1.807) is 28.4 Å². The van der Waals surface area contributed by atoms with Crippen molar-refractivity contribution >= 4 is 34.9 Å². The number of carbonyl (C=O) groups excluding carboxylic acids is 2. The SMILES string of the molecule is CCCN(CC(=O)N1CCc2sccc2C1COc1ccc(Cl)cc1)C(=O)NC(C)(C)C. The van der Waals surface area contributed by atoms with Gasteiger partial charge in [0.25, 0.3) is 0 Å². The van der Waals surface area contributed by atoms with Crippen LogP contribution >= 0.6 is 22.9 Å². The lowest BCUT2D eigenvalue weighted by Crippen LogP contribution is -2.53. The van der Waals surface area contributed by atoms with Crippen LogP contribution in [-0.4, -0.2) is 53.5 Å². The van der Waals surface area contributed by atoms with Crippen LogP contribution in [-0.2, 0) is 11.2 Å². The van der Waals surface area contributed by atoms with Gasteiger partial charge in [-0.1, -0.05) is 18.5 Å². The van der Waals surface area contributed by atoms with Crippen LogP contribution in [0.4, 0.5) is 4.79 Å². The first-order chi connectivity index (χ1) is 15.2. The van der Waals surface area contributed by atoms with Crippen molar-refractivity contribution in [1.82, 2.24) is 15.1 Å². The maximum absolute atomic E-state index is 13.4. The van der Waals surface area contributed by atoms with Crippen LogP contribution in [0, 0.1) is 0 Å². The molecule has 1 unspecified atom stereocenters. The van der Waals surface area contributed by atoms with Gasteiger partial charge in [0.2, 0.25) is 5.91 Å². The molecular formula is C24H32ClN3O3S. The molecule has 1 aliphatic heterocycles. The number of ether oxygens (including phenoxy) is 1. The van der Waals surface area contributed by atoms with Gasteiger partial charge in [0.1, 0.15) is 18.9 Å². The summed E-state index contributed by atoms with van der Waals surface area (Å²) in [5, 5.41) is 5.68. The summed E-state index contributed by atoms with van der Waals surface area (Å²) in [4.78, 5) is 30.9. The summed E-state index contributed by atoms with van der Waals surface area (Å²) < 4.78 is 6.03. The molecule has 0 saturated heterocycles. The van der Waals surface area contributed by atoms with Gasteiger partial charge in [0.05, 0.1) is 6.04 Å². The Hall–Kier alpha value is -2.25. The first-order valence-corrected chi connectivity index (χ1v) is 12.2. The number of fused-ring (bicyclic) bond motifs is 1. The van der Waals surface area contributed by atoms with Gasteiger partial charge in [-0.15, -0.1) is 11.3 Å². The molecule has 0 radical (unpaired) electrons. The van der Waals surface area contributed by atoms with E-state index in [1.165, 1.54) is 4.88 Å². The van der Waals surface area contributed by atoms with Gasteiger partial charge in [-0.25, -0.2) is 4.79 Å². The fraction of sp³-hybridized carbons (Fsp3) is 0.500. The second-order valence-electron chi connectivity index (χ2n) is 9.02. The molecule has 2 aromatic rings. The van der Waals surface area contributed by atoms with Gasteiger partial charge in [0.15, 0.2) is 0 Å². The molecular weight excluding hydrogens is 446 g/mol. The first kappa shape index (κ1) is 24.4. The maximum atomic E-state index is 13.4. The molecule has 3 amide bonds. The standard InChI is InChI=1S/C24H32ClN3O3S/c1-5-12-27(23(30)26-24(2,3)4)15-22(29)28-13-10-21-19(11-14-32-21)20(28)16-31-18-8-6-17(25)7-9-18/h6-9,11,14,20H,5,10,12-13,15-16H2,1-4H3,(H,26,30). The zero-order chi connectivity index (χ0) is 23.3. The maximum Gasteiger partial charge on any atom is 0.318 e. The molecule has 3 rings (SSSR count). The summed E-state index contributed by atoms with van der Waals surface area (Å²) in [6.07, 6.45) is 1.60. The lowest BCUT2D eigenvalue weighted by Gasteiger charge is -2.37. The smallest absolute Gasteiger partial charge is 0.318 e. The molecule has 0 spiro atoms. The highest BCUT2D eigenvalue weighted by Crippen LogP contribution is 2.34. The zero-order valence-corrected chi connectivity index (χ0v) is 20.8. The molecule has 6 nitrogen and oxygen atoms in total. The lowest BCUT2D eigenvalue weighted by molar-refractivity contribution is -0.135. The predicted molar refractivity (Wildman–Crippen MR) is 130 cm³/mol. The minimum Gasteiger partial charge on any atom is -0.491 e. The molecule has 1 aromatic carbocycles. The average Bonchev–Trinajstić information content (AvgIpc) is 3.20. The highest BCUT2D eigenvalue weighted by molar-refractivity contribution is 7.10. The van der Waals surface area contributed by atoms with Crippen molar-refractivity contribution in [3.63, 3.8) is 0 Å². The largest absolute Gasteiger partial charge is 0.491 e. The highest BCUT2D eigenvalue weighted by Gasteiger charge is 2.33. The van der Waals surface area contributed by atoms with E-state index in [9.17, 15) is 9.59 Å². The van der Waals surface area contributed by atoms with Crippen molar-refractivity contribution in [2.45, 2.75) is 52.1 Å². The van der Waals surface area contributed by atoms with Crippen LogP contribution in [0.3, 0.4) is 0 Å². The van der Waals surface area contributed by atoms with Gasteiger partial charge in [-0.2, -0.15) is 0 Å². The molecule has 0 aliphatic carbocycles. The minimum atomic E-state index is -0.363. The van der Waals surface area contributed by atoms with Crippen molar-refractivity contribution in [2.75, 3.05) is 26.2 Å². The number of benzene rings is 1. The monoisotopic (exact) mass is 477 g/mol. The molecule has 8 heteroatoms. The topological polar surface area (TPSA) is 61.9 Å². The molecule has 32 heavy (non-hydrogen) atoms. The second-order valence-corrected chi connectivity index (χ2v) is 10.5. The number of nitrogens with zero attached hydrogens (tertiary/aromatic N) is 2. The van der Waals surface area contributed by atoms with E-state index in [4.69, 9.17) is 16.3 Å². The Kier molecular flexibility index (Phi) is 8.06. The van der Waals surface area contributed by atoms with E-state index in [-0.39, 0.29) is 30.1 Å². The van der Waals surface area contributed by atoms with Gasteiger partial charge in [-0.05, 0) is 74.9 Å². The molecule has 0 saturated carbocycles. The van der Waals surface area contributed by atoms with E-state index < -0.39 is 0 Å². The number of nitrogens with one attached hydrogen (secondary N) is 1. The first-order valence-electron chi connectivity index (χ1n) is 11.0. The summed E-state index contributed by atoms with van der Waals surface area (Å²) in [7, 11) is 0. The Balaban J connectivity index is 1.74. The van der Waals surface area contributed by atoms with E-state index in [0.29, 0.717) is 30.5 Å². The molecule has 2 heterocycles. The average molecular weight is 478 g/mol. The van der Waals surface area contributed by atoms with Crippen LogP contribution in [0.1, 0.15) is 50.6 Å². The molecule has 1 atom stereocenters. The number of halogens is 1. The molecule has 1 N–H and O–H groups in total. The van der Waals surface area contributed by atoms with E-state index in [2.05, 4.69) is 16.8 Å². The van der Waals surface area contributed by atoms with Crippen LogP contribution in [0.15, 0.2) is 35.7 Å². The van der Waals surface area contributed by atoms with Crippen molar-refractivity contribution in [1.29, 1.82) is 0 Å². The molecule has 1 aromatic heterocycles. The van der Waals surface area contributed by atoms with Gasteiger partial charge >= 0.3 is 6.03 Å². The van der Waals surface area contributed by atoms with Gasteiger partial charge < -0.3 is 19.9 Å². The second kappa shape index (κ2) is 10.6. The molecule has 0 fully saturated rings. The third-order valence-electron chi connectivity index (χ3n) is 5.23. The lowest BCUT2D eigenvalue weighted by atomic mass is 10.0. The fourth-order valence-corrected chi connectivity index (χ4v) is 4.81. The van der Waals surface area contributed by atoms with Crippen LogP contribution in [0.2, 0.25) is 5.02 Å². The fourth-order valence-electron chi connectivity index (χ4n) is 3.76. The summed E-state index contributed by atoms with van der Waals surface area (Å²) in [5.74, 6) is 0.644. The highest BCUT2D eigenvalue weighted by atomic mass is 35.5. The number of rotatable bonds is 7. The number of hydrogen-bond donors (Lipinski definition) is 1. The Morgan fingerprint density at radius 2 is 1.97 bits per heavy atom. The van der Waals surface area contributed by atoms with E-state index in [1.807, 2.05) is 44.7 Å². The summed E-state index contributed by atoms with van der Waals surface area (Å²) >= 11 is 7.69. The number of urea groups is 1. The Labute approximate surface area is 199 Å². The summed E-state index contributed by atoms with van der Waals surface area (Å²) in [6, 6.07) is 8.89. The minimum absolute atomic E-state index is 0.0483. The van der Waals surface area contributed by atoms with E-state index >= 15 is 0 Å². The van der Waals surface area contributed by atoms with Gasteiger partial charge in [0, 0.05) is 28.5 Å². The normalized spacial score (nSPS) is 15.8. The quantitative estimate of drug-likeness (QED) is 0.601. The summed E-state index contributed by atoms with van der Waals surface area (Å²) in [5.41, 5.74) is 0.766. The zero-order valence-electron chi connectivity index (χ0n) is 19.2. The van der Waals surface area contributed by atoms with Crippen molar-refractivity contribution in [3.05, 3.63) is 51.2 Å². The molecule has 174 valence electrons. The predicted octanol–water partition coefficient (Wildman–Crippen LogP) is 5.13. The van der Waals surface area contributed by atoms with Crippen LogP contribution in [0.25, 0.3) is 0 Å². The number of carbonyl (C=O) groups is 2. The number of thiophene rings is 1.